The van der Waals surface area contributed by atoms with Gasteiger partial charge in [0.15, 0.2) is 0 Å². The van der Waals surface area contributed by atoms with Gasteiger partial charge in [-0.25, -0.2) is 4.79 Å². The molecule has 1 atom stereocenters. The van der Waals surface area contributed by atoms with Crippen LogP contribution in [0.2, 0.25) is 5.02 Å². The van der Waals surface area contributed by atoms with Gasteiger partial charge in [0.2, 0.25) is 0 Å². The molecule has 0 radical (unpaired) electrons. The van der Waals surface area contributed by atoms with Gasteiger partial charge < -0.3 is 9.47 Å². The Labute approximate surface area is 142 Å². The van der Waals surface area contributed by atoms with E-state index in [1.54, 1.807) is 18.2 Å². The van der Waals surface area contributed by atoms with Crippen LogP contribution in [0.5, 0.6) is 5.75 Å². The van der Waals surface area contributed by atoms with Crippen molar-refractivity contribution < 1.29 is 23.9 Å². The number of halogens is 1. The lowest BCUT2D eigenvalue weighted by Gasteiger charge is -2.18. The van der Waals surface area contributed by atoms with Gasteiger partial charge in [0.1, 0.15) is 11.8 Å². The van der Waals surface area contributed by atoms with Gasteiger partial charge in [-0.05, 0) is 43.0 Å². The number of rotatable bonds is 4. The quantitative estimate of drug-likeness (QED) is 0.610. The Balaban J connectivity index is 2.36. The van der Waals surface area contributed by atoms with E-state index >= 15 is 0 Å². The van der Waals surface area contributed by atoms with Crippen molar-refractivity contribution in [2.45, 2.75) is 13.0 Å². The number of carbonyl (C=O) groups excluding carboxylic acids is 3. The molecular weight excluding hydrogens is 342 g/mol. The fourth-order valence-corrected chi connectivity index (χ4v) is 3.13. The van der Waals surface area contributed by atoms with Gasteiger partial charge in [0, 0.05) is 10.6 Å². The average molecular weight is 356 g/mol. The molecule has 1 fully saturated rings. The van der Waals surface area contributed by atoms with Crippen LogP contribution in [-0.2, 0) is 14.3 Å². The molecule has 6 nitrogen and oxygen atoms in total. The topological polar surface area (TPSA) is 72.9 Å². The summed E-state index contributed by atoms with van der Waals surface area (Å²) < 4.78 is 9.78. The van der Waals surface area contributed by atoms with Crippen molar-refractivity contribution in [1.82, 2.24) is 4.90 Å². The van der Waals surface area contributed by atoms with Gasteiger partial charge in [0.25, 0.3) is 11.1 Å². The van der Waals surface area contributed by atoms with Gasteiger partial charge in [-0.1, -0.05) is 11.6 Å². The number of imide groups is 1. The van der Waals surface area contributed by atoms with Crippen LogP contribution < -0.4 is 4.74 Å². The van der Waals surface area contributed by atoms with E-state index in [0.717, 1.165) is 16.7 Å². The van der Waals surface area contributed by atoms with Crippen LogP contribution in [0.1, 0.15) is 12.5 Å². The normalized spacial score (nSPS) is 17.6. The van der Waals surface area contributed by atoms with E-state index in [1.807, 2.05) is 0 Å². The summed E-state index contributed by atoms with van der Waals surface area (Å²) in [6.07, 6.45) is 1.51. The molecule has 0 spiro atoms. The fraction of sp³-hybridized carbons (Fsp3) is 0.267. The molecule has 1 aromatic rings. The maximum atomic E-state index is 12.4. The molecule has 2 rings (SSSR count). The van der Waals surface area contributed by atoms with E-state index in [1.165, 1.54) is 27.2 Å². The molecule has 0 aromatic heterocycles. The molecule has 8 heteroatoms. The van der Waals surface area contributed by atoms with Crippen molar-refractivity contribution in [3.63, 3.8) is 0 Å². The van der Waals surface area contributed by atoms with E-state index in [2.05, 4.69) is 4.74 Å². The summed E-state index contributed by atoms with van der Waals surface area (Å²) in [4.78, 5) is 37.1. The van der Waals surface area contributed by atoms with Crippen molar-refractivity contribution in [2.24, 2.45) is 0 Å². The third kappa shape index (κ3) is 3.51. The Kier molecular flexibility index (Phi) is 5.33. The van der Waals surface area contributed by atoms with E-state index in [0.29, 0.717) is 16.3 Å². The monoisotopic (exact) mass is 355 g/mol. The molecule has 0 unspecified atom stereocenters. The molecule has 0 bridgehead atoms. The molecule has 1 aromatic carbocycles. The summed E-state index contributed by atoms with van der Waals surface area (Å²) in [5.74, 6) is -0.698. The first-order chi connectivity index (χ1) is 10.9. The fourth-order valence-electron chi connectivity index (χ4n) is 2.05. The number of hydrogen-bond donors (Lipinski definition) is 0. The Morgan fingerprint density at radius 3 is 2.65 bits per heavy atom. The highest BCUT2D eigenvalue weighted by molar-refractivity contribution is 8.18. The lowest BCUT2D eigenvalue weighted by atomic mass is 10.1. The number of nitrogens with zero attached hydrogens (tertiary/aromatic N) is 1. The second kappa shape index (κ2) is 7.06. The van der Waals surface area contributed by atoms with Crippen LogP contribution >= 0.6 is 23.4 Å². The first kappa shape index (κ1) is 17.4. The number of thioether (sulfide) groups is 1. The van der Waals surface area contributed by atoms with E-state index < -0.39 is 23.2 Å². The van der Waals surface area contributed by atoms with Gasteiger partial charge in [0.05, 0.1) is 19.1 Å². The zero-order valence-electron chi connectivity index (χ0n) is 12.7. The van der Waals surface area contributed by atoms with Crippen LogP contribution in [0.15, 0.2) is 23.1 Å². The van der Waals surface area contributed by atoms with Crippen molar-refractivity contribution in [3.05, 3.63) is 33.7 Å². The molecule has 0 aliphatic carbocycles. The molecule has 1 heterocycles. The minimum Gasteiger partial charge on any atom is -0.496 e. The Morgan fingerprint density at radius 1 is 1.35 bits per heavy atom. The molecule has 1 saturated heterocycles. The summed E-state index contributed by atoms with van der Waals surface area (Å²) in [5.41, 5.74) is 0.566. The molecule has 1 aliphatic heterocycles. The average Bonchev–Trinajstić information content (AvgIpc) is 2.80. The third-order valence-electron chi connectivity index (χ3n) is 3.23. The van der Waals surface area contributed by atoms with E-state index in [9.17, 15) is 14.4 Å². The standard InChI is InChI=1S/C15H14ClNO5S/c1-8(14(19)22-3)17-13(18)12(23-15(17)20)7-9-6-10(16)4-5-11(9)21-2/h4-8H,1-3H3/b12-7+/t8-/m0/s1. The van der Waals surface area contributed by atoms with Crippen molar-refractivity contribution in [2.75, 3.05) is 14.2 Å². The molecule has 2 amide bonds. The second-order valence-corrected chi connectivity index (χ2v) is 6.07. The van der Waals surface area contributed by atoms with Crippen LogP contribution in [0.3, 0.4) is 0 Å². The molecule has 0 saturated carbocycles. The van der Waals surface area contributed by atoms with Crippen molar-refractivity contribution in [3.8, 4) is 5.75 Å². The van der Waals surface area contributed by atoms with Crippen molar-refractivity contribution in [1.29, 1.82) is 0 Å². The number of methoxy groups -OCH3 is 2. The van der Waals surface area contributed by atoms with Crippen LogP contribution in [0.4, 0.5) is 4.79 Å². The smallest absolute Gasteiger partial charge is 0.328 e. The SMILES string of the molecule is COC(=O)[C@H](C)N1C(=O)S/C(=C/c2cc(Cl)ccc2OC)C1=O. The number of amides is 2. The summed E-state index contributed by atoms with van der Waals surface area (Å²) >= 11 is 6.70. The molecular formula is C15H14ClNO5S. The van der Waals surface area contributed by atoms with Crippen LogP contribution in [0, 0.1) is 0 Å². The second-order valence-electron chi connectivity index (χ2n) is 4.64. The Morgan fingerprint density at radius 2 is 2.04 bits per heavy atom. The summed E-state index contributed by atoms with van der Waals surface area (Å²) in [7, 11) is 2.69. The lowest BCUT2D eigenvalue weighted by Crippen LogP contribution is -2.42. The number of carbonyl (C=O) groups is 3. The zero-order chi connectivity index (χ0) is 17.1. The third-order valence-corrected chi connectivity index (χ3v) is 4.35. The van der Waals surface area contributed by atoms with Crippen molar-refractivity contribution >= 4 is 46.6 Å². The van der Waals surface area contributed by atoms with E-state index in [-0.39, 0.29) is 4.91 Å². The summed E-state index contributed by atoms with van der Waals surface area (Å²) in [6, 6.07) is 3.95. The maximum Gasteiger partial charge on any atom is 0.328 e. The molecule has 23 heavy (non-hydrogen) atoms. The predicted octanol–water partition coefficient (Wildman–Crippen LogP) is 2.95. The van der Waals surface area contributed by atoms with E-state index in [4.69, 9.17) is 16.3 Å². The minimum atomic E-state index is -0.986. The van der Waals surface area contributed by atoms with Gasteiger partial charge >= 0.3 is 5.97 Å². The Hall–Kier alpha value is -1.99. The molecule has 0 N–H and O–H groups in total. The highest BCUT2D eigenvalue weighted by Gasteiger charge is 2.41. The number of benzene rings is 1. The number of esters is 1. The maximum absolute atomic E-state index is 12.4. The summed E-state index contributed by atoms with van der Waals surface area (Å²) in [5, 5.41) is -0.0562. The largest absolute Gasteiger partial charge is 0.496 e. The summed E-state index contributed by atoms with van der Waals surface area (Å²) in [6.45, 7) is 1.44. The molecule has 122 valence electrons. The highest BCUT2D eigenvalue weighted by Crippen LogP contribution is 2.35. The lowest BCUT2D eigenvalue weighted by molar-refractivity contribution is -0.148. The van der Waals surface area contributed by atoms with Gasteiger partial charge in [-0.15, -0.1) is 0 Å². The first-order valence-corrected chi connectivity index (χ1v) is 7.77. The number of ether oxygens (including phenoxy) is 2. The highest BCUT2D eigenvalue weighted by atomic mass is 35.5. The van der Waals surface area contributed by atoms with Crippen LogP contribution in [-0.4, -0.2) is 42.3 Å². The zero-order valence-corrected chi connectivity index (χ0v) is 14.2. The van der Waals surface area contributed by atoms with Gasteiger partial charge in [-0.3, -0.25) is 14.5 Å². The first-order valence-electron chi connectivity index (χ1n) is 6.57. The van der Waals surface area contributed by atoms with Crippen LogP contribution in [0.25, 0.3) is 6.08 Å². The molecule has 1 aliphatic rings. The minimum absolute atomic E-state index is 0.186. The van der Waals surface area contributed by atoms with Gasteiger partial charge in [-0.2, -0.15) is 0 Å². The number of hydrogen-bond acceptors (Lipinski definition) is 6. The Bertz CT molecular complexity index is 703. The predicted molar refractivity (Wildman–Crippen MR) is 87.3 cm³/mol.